The van der Waals surface area contributed by atoms with Crippen molar-refractivity contribution in [3.63, 3.8) is 0 Å². The summed E-state index contributed by atoms with van der Waals surface area (Å²) >= 11 is 0. The van der Waals surface area contributed by atoms with Crippen molar-refractivity contribution in [1.82, 2.24) is 14.8 Å². The minimum absolute atomic E-state index is 0.00883. The highest BCUT2D eigenvalue weighted by Gasteiger charge is 2.25. The van der Waals surface area contributed by atoms with Crippen molar-refractivity contribution in [1.29, 1.82) is 0 Å². The molecule has 1 aromatic heterocycles. The molecule has 2 amide bonds. The van der Waals surface area contributed by atoms with Gasteiger partial charge in [0.1, 0.15) is 5.75 Å². The van der Waals surface area contributed by atoms with E-state index in [4.69, 9.17) is 0 Å². The summed E-state index contributed by atoms with van der Waals surface area (Å²) in [4.78, 5) is 27.0. The van der Waals surface area contributed by atoms with Gasteiger partial charge in [-0.05, 0) is 61.4 Å². The Morgan fingerprint density at radius 1 is 0.897 bits per heavy atom. The number of carbonyl (C=O) groups is 2. The first-order chi connectivity index (χ1) is 14.1. The predicted molar refractivity (Wildman–Crippen MR) is 110 cm³/mol. The summed E-state index contributed by atoms with van der Waals surface area (Å²) in [7, 11) is 0. The van der Waals surface area contributed by atoms with Gasteiger partial charge in [0, 0.05) is 42.8 Å². The van der Waals surface area contributed by atoms with Gasteiger partial charge in [0.2, 0.25) is 0 Å². The standard InChI is InChI=1S/C23H23N3O3/c27-21-6-2-1-5-20(21)22(28)24-18-11-15-26(16-12-18)23(29)17-7-9-19(10-8-17)25-13-3-4-14-25/h1-10,13-14,18,27H,11-12,15-16H2,(H,24,28). The molecule has 0 atom stereocenters. The number of rotatable bonds is 4. The molecule has 2 N–H and O–H groups in total. The van der Waals surface area contributed by atoms with Gasteiger partial charge in [0.15, 0.2) is 0 Å². The predicted octanol–water partition coefficient (Wildman–Crippen LogP) is 3.22. The number of phenols is 1. The highest BCUT2D eigenvalue weighted by molar-refractivity contribution is 5.97. The molecule has 6 heteroatoms. The van der Waals surface area contributed by atoms with Gasteiger partial charge in [0.25, 0.3) is 11.8 Å². The van der Waals surface area contributed by atoms with Gasteiger partial charge in [-0.1, -0.05) is 12.1 Å². The minimum atomic E-state index is -0.284. The monoisotopic (exact) mass is 389 g/mol. The van der Waals surface area contributed by atoms with Gasteiger partial charge < -0.3 is 19.9 Å². The number of hydrogen-bond donors (Lipinski definition) is 2. The topological polar surface area (TPSA) is 74.6 Å². The van der Waals surface area contributed by atoms with Crippen molar-refractivity contribution in [2.45, 2.75) is 18.9 Å². The zero-order chi connectivity index (χ0) is 20.2. The van der Waals surface area contributed by atoms with E-state index in [1.165, 1.54) is 6.07 Å². The van der Waals surface area contributed by atoms with Crippen LogP contribution in [0.1, 0.15) is 33.6 Å². The molecule has 1 saturated heterocycles. The van der Waals surface area contributed by atoms with E-state index in [2.05, 4.69) is 5.32 Å². The molecule has 2 heterocycles. The van der Waals surface area contributed by atoms with E-state index < -0.39 is 0 Å². The van der Waals surface area contributed by atoms with Crippen molar-refractivity contribution in [3.8, 4) is 11.4 Å². The van der Waals surface area contributed by atoms with Crippen LogP contribution in [0, 0.1) is 0 Å². The van der Waals surface area contributed by atoms with Crippen LogP contribution in [-0.2, 0) is 0 Å². The molecule has 0 aliphatic carbocycles. The molecule has 1 aliphatic heterocycles. The number of aromatic nitrogens is 1. The first-order valence-corrected chi connectivity index (χ1v) is 9.73. The molecule has 6 nitrogen and oxygen atoms in total. The highest BCUT2D eigenvalue weighted by atomic mass is 16.3. The highest BCUT2D eigenvalue weighted by Crippen LogP contribution is 2.19. The summed E-state index contributed by atoms with van der Waals surface area (Å²) in [5, 5.41) is 12.8. The van der Waals surface area contributed by atoms with E-state index in [0.29, 0.717) is 31.5 Å². The maximum Gasteiger partial charge on any atom is 0.255 e. The number of phenolic OH excluding ortho intramolecular Hbond substituents is 1. The van der Waals surface area contributed by atoms with E-state index in [0.717, 1.165) is 5.69 Å². The first-order valence-electron chi connectivity index (χ1n) is 9.73. The van der Waals surface area contributed by atoms with E-state index in [1.54, 1.807) is 18.2 Å². The van der Waals surface area contributed by atoms with Gasteiger partial charge in [-0.2, -0.15) is 0 Å². The molecule has 0 spiro atoms. The Labute approximate surface area is 169 Å². The van der Waals surface area contributed by atoms with Crippen LogP contribution in [0.2, 0.25) is 0 Å². The molecule has 1 aliphatic rings. The molecule has 0 unspecified atom stereocenters. The number of likely N-dealkylation sites (tertiary alicyclic amines) is 1. The molecule has 4 rings (SSSR count). The largest absolute Gasteiger partial charge is 0.507 e. The molecule has 3 aromatic rings. The lowest BCUT2D eigenvalue weighted by atomic mass is 10.0. The molecule has 29 heavy (non-hydrogen) atoms. The first kappa shape index (κ1) is 18.8. The average molecular weight is 389 g/mol. The lowest BCUT2D eigenvalue weighted by Gasteiger charge is -2.32. The maximum atomic E-state index is 12.8. The van der Waals surface area contributed by atoms with Crippen LogP contribution < -0.4 is 5.32 Å². The Morgan fingerprint density at radius 2 is 1.55 bits per heavy atom. The molecular formula is C23H23N3O3. The number of para-hydroxylation sites is 1. The van der Waals surface area contributed by atoms with Crippen LogP contribution in [0.25, 0.3) is 5.69 Å². The number of nitrogens with one attached hydrogen (secondary N) is 1. The molecule has 0 saturated carbocycles. The van der Waals surface area contributed by atoms with Crippen LogP contribution in [0.4, 0.5) is 0 Å². The smallest absolute Gasteiger partial charge is 0.255 e. The second-order valence-electron chi connectivity index (χ2n) is 7.19. The Bertz CT molecular complexity index is 988. The minimum Gasteiger partial charge on any atom is -0.507 e. The maximum absolute atomic E-state index is 12.8. The average Bonchev–Trinajstić information content (AvgIpc) is 3.29. The number of amides is 2. The number of aromatic hydroxyl groups is 1. The zero-order valence-electron chi connectivity index (χ0n) is 16.0. The Hall–Kier alpha value is -3.54. The summed E-state index contributed by atoms with van der Waals surface area (Å²) < 4.78 is 1.99. The van der Waals surface area contributed by atoms with E-state index in [9.17, 15) is 14.7 Å². The second kappa shape index (κ2) is 8.22. The second-order valence-corrected chi connectivity index (χ2v) is 7.19. The third-order valence-electron chi connectivity index (χ3n) is 5.28. The lowest BCUT2D eigenvalue weighted by Crippen LogP contribution is -2.46. The summed E-state index contributed by atoms with van der Waals surface area (Å²) in [6.07, 6.45) is 5.30. The van der Waals surface area contributed by atoms with Crippen molar-refractivity contribution in [2.24, 2.45) is 0 Å². The van der Waals surface area contributed by atoms with Crippen LogP contribution in [0.3, 0.4) is 0 Å². The van der Waals surface area contributed by atoms with Gasteiger partial charge >= 0.3 is 0 Å². The van der Waals surface area contributed by atoms with Gasteiger partial charge in [0.05, 0.1) is 5.56 Å². The van der Waals surface area contributed by atoms with E-state index in [1.807, 2.05) is 58.3 Å². The molecule has 148 valence electrons. The SMILES string of the molecule is O=C(NC1CCN(C(=O)c2ccc(-n3cccc3)cc2)CC1)c1ccccc1O. The number of carbonyl (C=O) groups excluding carboxylic acids is 2. The fraction of sp³-hybridized carbons (Fsp3) is 0.217. The van der Waals surface area contributed by atoms with Crippen molar-refractivity contribution in [2.75, 3.05) is 13.1 Å². The van der Waals surface area contributed by atoms with Crippen LogP contribution >= 0.6 is 0 Å². The third kappa shape index (κ3) is 4.16. The summed E-state index contributed by atoms with van der Waals surface area (Å²) in [6.45, 7) is 1.17. The number of piperidine rings is 1. The Morgan fingerprint density at radius 3 is 2.21 bits per heavy atom. The number of hydrogen-bond acceptors (Lipinski definition) is 3. The fourth-order valence-electron chi connectivity index (χ4n) is 3.62. The molecular weight excluding hydrogens is 366 g/mol. The van der Waals surface area contributed by atoms with E-state index in [-0.39, 0.29) is 29.2 Å². The van der Waals surface area contributed by atoms with Crippen molar-refractivity contribution < 1.29 is 14.7 Å². The molecule has 2 aromatic carbocycles. The summed E-state index contributed by atoms with van der Waals surface area (Å²) in [6, 6.07) is 18.0. The van der Waals surface area contributed by atoms with Crippen molar-refractivity contribution >= 4 is 11.8 Å². The fourth-order valence-corrected chi connectivity index (χ4v) is 3.62. The summed E-state index contributed by atoms with van der Waals surface area (Å²) in [5.41, 5.74) is 1.95. The molecule has 1 fully saturated rings. The summed E-state index contributed by atoms with van der Waals surface area (Å²) in [5.74, 6) is -0.302. The molecule has 0 radical (unpaired) electrons. The number of nitrogens with zero attached hydrogens (tertiary/aromatic N) is 2. The normalized spacial score (nSPS) is 14.6. The van der Waals surface area contributed by atoms with Gasteiger partial charge in [-0.15, -0.1) is 0 Å². The van der Waals surface area contributed by atoms with Gasteiger partial charge in [-0.25, -0.2) is 0 Å². The number of benzene rings is 2. The van der Waals surface area contributed by atoms with Crippen LogP contribution in [0.5, 0.6) is 5.75 Å². The van der Waals surface area contributed by atoms with Crippen LogP contribution in [0.15, 0.2) is 73.1 Å². The zero-order valence-corrected chi connectivity index (χ0v) is 16.0. The van der Waals surface area contributed by atoms with Crippen LogP contribution in [-0.4, -0.2) is 45.5 Å². The Kier molecular flexibility index (Phi) is 5.33. The van der Waals surface area contributed by atoms with Crippen molar-refractivity contribution in [3.05, 3.63) is 84.2 Å². The van der Waals surface area contributed by atoms with E-state index >= 15 is 0 Å². The third-order valence-corrected chi connectivity index (χ3v) is 5.28. The molecule has 0 bridgehead atoms. The Balaban J connectivity index is 1.33. The quantitative estimate of drug-likeness (QED) is 0.720. The lowest BCUT2D eigenvalue weighted by molar-refractivity contribution is 0.0698. The van der Waals surface area contributed by atoms with Gasteiger partial charge in [-0.3, -0.25) is 9.59 Å².